The molecule has 1 aromatic carbocycles. The van der Waals surface area contributed by atoms with Crippen LogP contribution >= 0.6 is 0 Å². The summed E-state index contributed by atoms with van der Waals surface area (Å²) in [6.07, 6.45) is 5.30. The Labute approximate surface area is 122 Å². The van der Waals surface area contributed by atoms with Crippen LogP contribution in [-0.4, -0.2) is 42.3 Å². The highest BCUT2D eigenvalue weighted by atomic mass is 16.3. The van der Waals surface area contributed by atoms with Gasteiger partial charge in [0.05, 0.1) is 12.6 Å². The molecule has 1 saturated heterocycles. The van der Waals surface area contributed by atoms with Crippen molar-refractivity contribution in [2.24, 2.45) is 5.92 Å². The van der Waals surface area contributed by atoms with Crippen molar-refractivity contribution >= 4 is 0 Å². The van der Waals surface area contributed by atoms with Crippen LogP contribution in [0.1, 0.15) is 37.3 Å². The van der Waals surface area contributed by atoms with Crippen molar-refractivity contribution in [2.45, 2.75) is 37.8 Å². The molecule has 3 nitrogen and oxygen atoms in total. The van der Waals surface area contributed by atoms with Crippen LogP contribution < -0.4 is 5.32 Å². The van der Waals surface area contributed by atoms with Gasteiger partial charge in [0.15, 0.2) is 0 Å². The second kappa shape index (κ2) is 6.70. The van der Waals surface area contributed by atoms with Crippen molar-refractivity contribution < 1.29 is 5.11 Å². The fourth-order valence-electron chi connectivity index (χ4n) is 3.17. The molecule has 2 aliphatic rings. The minimum absolute atomic E-state index is 0.0798. The van der Waals surface area contributed by atoms with E-state index in [4.69, 9.17) is 0 Å². The summed E-state index contributed by atoms with van der Waals surface area (Å²) in [6.45, 7) is 3.91. The molecule has 20 heavy (non-hydrogen) atoms. The van der Waals surface area contributed by atoms with E-state index in [1.165, 1.54) is 50.9 Å². The van der Waals surface area contributed by atoms with E-state index in [1.54, 1.807) is 0 Å². The van der Waals surface area contributed by atoms with E-state index in [0.29, 0.717) is 6.04 Å². The Balaban J connectivity index is 1.47. The Bertz CT molecular complexity index is 397. The monoisotopic (exact) mass is 274 g/mol. The van der Waals surface area contributed by atoms with Gasteiger partial charge in [-0.05, 0) is 50.3 Å². The van der Waals surface area contributed by atoms with Crippen molar-refractivity contribution in [3.63, 3.8) is 0 Å². The SMILES string of the molecule is OC[C@@H](NC1CCN(CC2CC2)CC1)c1ccccc1. The average molecular weight is 274 g/mol. The maximum atomic E-state index is 9.62. The zero-order chi connectivity index (χ0) is 13.8. The smallest absolute Gasteiger partial charge is 0.0626 e. The molecular formula is C17H26N2O. The molecule has 2 fully saturated rings. The van der Waals surface area contributed by atoms with E-state index in [2.05, 4.69) is 22.3 Å². The number of rotatable bonds is 6. The minimum Gasteiger partial charge on any atom is -0.394 e. The normalized spacial score (nSPS) is 22.9. The van der Waals surface area contributed by atoms with Crippen LogP contribution in [0.25, 0.3) is 0 Å². The van der Waals surface area contributed by atoms with Crippen LogP contribution in [0.3, 0.4) is 0 Å². The zero-order valence-electron chi connectivity index (χ0n) is 12.2. The first kappa shape index (κ1) is 14.1. The number of likely N-dealkylation sites (tertiary alicyclic amines) is 1. The standard InChI is InChI=1S/C17H26N2O/c20-13-17(15-4-2-1-3-5-15)18-16-8-10-19(11-9-16)12-14-6-7-14/h1-5,14,16-18,20H,6-13H2/t17-/m1/s1. The summed E-state index contributed by atoms with van der Waals surface area (Å²) in [7, 11) is 0. The Morgan fingerprint density at radius 3 is 2.40 bits per heavy atom. The summed E-state index contributed by atoms with van der Waals surface area (Å²) in [5.41, 5.74) is 1.19. The van der Waals surface area contributed by atoms with Crippen molar-refractivity contribution in [3.8, 4) is 0 Å². The molecule has 110 valence electrons. The molecule has 1 atom stereocenters. The third-order valence-electron chi connectivity index (χ3n) is 4.62. The first-order valence-corrected chi connectivity index (χ1v) is 7.99. The number of hydrogen-bond donors (Lipinski definition) is 2. The van der Waals surface area contributed by atoms with Gasteiger partial charge in [-0.2, -0.15) is 0 Å². The molecule has 1 aliphatic carbocycles. The second-order valence-electron chi connectivity index (χ2n) is 6.33. The first-order valence-electron chi connectivity index (χ1n) is 7.99. The third-order valence-corrected chi connectivity index (χ3v) is 4.62. The van der Waals surface area contributed by atoms with Gasteiger partial charge in [0.1, 0.15) is 0 Å². The maximum absolute atomic E-state index is 9.62. The van der Waals surface area contributed by atoms with Crippen molar-refractivity contribution in [1.82, 2.24) is 10.2 Å². The molecule has 1 saturated carbocycles. The van der Waals surface area contributed by atoms with Crippen molar-refractivity contribution in [3.05, 3.63) is 35.9 Å². The van der Waals surface area contributed by atoms with Gasteiger partial charge in [0, 0.05) is 12.6 Å². The van der Waals surface area contributed by atoms with Crippen molar-refractivity contribution in [2.75, 3.05) is 26.2 Å². The number of aliphatic hydroxyl groups excluding tert-OH is 1. The summed E-state index contributed by atoms with van der Waals surface area (Å²) >= 11 is 0. The molecule has 1 aliphatic heterocycles. The van der Waals surface area contributed by atoms with Crippen LogP contribution in [0.2, 0.25) is 0 Å². The topological polar surface area (TPSA) is 35.5 Å². The van der Waals surface area contributed by atoms with Gasteiger partial charge in [-0.15, -0.1) is 0 Å². The molecule has 0 bridgehead atoms. The quantitative estimate of drug-likeness (QED) is 0.834. The lowest BCUT2D eigenvalue weighted by molar-refractivity contribution is 0.168. The van der Waals surface area contributed by atoms with Crippen molar-refractivity contribution in [1.29, 1.82) is 0 Å². The largest absolute Gasteiger partial charge is 0.394 e. The first-order chi connectivity index (χ1) is 9.85. The maximum Gasteiger partial charge on any atom is 0.0626 e. The van der Waals surface area contributed by atoms with Gasteiger partial charge < -0.3 is 15.3 Å². The summed E-state index contributed by atoms with van der Waals surface area (Å²) in [6, 6.07) is 10.9. The summed E-state index contributed by atoms with van der Waals surface area (Å²) in [4.78, 5) is 2.62. The lowest BCUT2D eigenvalue weighted by Gasteiger charge is -2.34. The van der Waals surface area contributed by atoms with Gasteiger partial charge in [0.25, 0.3) is 0 Å². The highest BCUT2D eigenvalue weighted by molar-refractivity contribution is 5.19. The number of piperidine rings is 1. The summed E-state index contributed by atoms with van der Waals surface area (Å²) in [5, 5.41) is 13.3. The molecular weight excluding hydrogens is 248 g/mol. The molecule has 0 aromatic heterocycles. The Kier molecular flexibility index (Phi) is 4.71. The van der Waals surface area contributed by atoms with E-state index >= 15 is 0 Å². The zero-order valence-corrected chi connectivity index (χ0v) is 12.2. The van der Waals surface area contributed by atoms with Crippen LogP contribution in [0.5, 0.6) is 0 Å². The number of nitrogens with zero attached hydrogens (tertiary/aromatic N) is 1. The molecule has 3 heteroatoms. The lowest BCUT2D eigenvalue weighted by Crippen LogP contribution is -2.44. The molecule has 1 aromatic rings. The number of aliphatic hydroxyl groups is 1. The number of nitrogens with one attached hydrogen (secondary N) is 1. The predicted octanol–water partition coefficient (Wildman–Crippen LogP) is 2.18. The summed E-state index contributed by atoms with van der Waals surface area (Å²) in [5.74, 6) is 0.994. The lowest BCUT2D eigenvalue weighted by atomic mass is 10.0. The average Bonchev–Trinajstić information content (AvgIpc) is 3.31. The number of benzene rings is 1. The minimum atomic E-state index is 0.0798. The van der Waals surface area contributed by atoms with E-state index in [-0.39, 0.29) is 12.6 Å². The van der Waals surface area contributed by atoms with Gasteiger partial charge in [-0.25, -0.2) is 0 Å². The van der Waals surface area contributed by atoms with Crippen LogP contribution in [0.15, 0.2) is 30.3 Å². The molecule has 3 rings (SSSR count). The van der Waals surface area contributed by atoms with Gasteiger partial charge in [0.2, 0.25) is 0 Å². The Hall–Kier alpha value is -0.900. The fraction of sp³-hybridized carbons (Fsp3) is 0.647. The van der Waals surface area contributed by atoms with Gasteiger partial charge in [-0.1, -0.05) is 30.3 Å². The molecule has 2 N–H and O–H groups in total. The molecule has 0 radical (unpaired) electrons. The third kappa shape index (κ3) is 3.81. The summed E-state index contributed by atoms with van der Waals surface area (Å²) < 4.78 is 0. The molecule has 1 heterocycles. The van der Waals surface area contributed by atoms with E-state index in [1.807, 2.05) is 18.2 Å². The van der Waals surface area contributed by atoms with E-state index in [0.717, 1.165) is 5.92 Å². The number of hydrogen-bond acceptors (Lipinski definition) is 3. The Morgan fingerprint density at radius 1 is 1.10 bits per heavy atom. The van der Waals surface area contributed by atoms with E-state index < -0.39 is 0 Å². The Morgan fingerprint density at radius 2 is 1.80 bits per heavy atom. The van der Waals surface area contributed by atoms with Crippen LogP contribution in [0, 0.1) is 5.92 Å². The van der Waals surface area contributed by atoms with E-state index in [9.17, 15) is 5.11 Å². The second-order valence-corrected chi connectivity index (χ2v) is 6.33. The van der Waals surface area contributed by atoms with Crippen LogP contribution in [-0.2, 0) is 0 Å². The molecule has 0 unspecified atom stereocenters. The predicted molar refractivity (Wildman–Crippen MR) is 81.6 cm³/mol. The van der Waals surface area contributed by atoms with Crippen LogP contribution in [0.4, 0.5) is 0 Å². The highest BCUT2D eigenvalue weighted by Gasteiger charge is 2.27. The van der Waals surface area contributed by atoms with Gasteiger partial charge >= 0.3 is 0 Å². The molecule has 0 amide bonds. The fourth-order valence-corrected chi connectivity index (χ4v) is 3.17. The highest BCUT2D eigenvalue weighted by Crippen LogP contribution is 2.30. The van der Waals surface area contributed by atoms with Gasteiger partial charge in [-0.3, -0.25) is 0 Å². The molecule has 0 spiro atoms.